The van der Waals surface area contributed by atoms with Gasteiger partial charge >= 0.3 is 0 Å². The van der Waals surface area contributed by atoms with E-state index in [4.69, 9.17) is 5.11 Å². The number of aromatic nitrogens is 1. The van der Waals surface area contributed by atoms with Crippen molar-refractivity contribution in [3.8, 4) is 0 Å². The van der Waals surface area contributed by atoms with Crippen molar-refractivity contribution in [1.82, 2.24) is 14.2 Å². The van der Waals surface area contributed by atoms with Crippen molar-refractivity contribution in [2.24, 2.45) is 0 Å². The predicted molar refractivity (Wildman–Crippen MR) is 76.8 cm³/mol. The highest BCUT2D eigenvalue weighted by Gasteiger charge is 2.30. The van der Waals surface area contributed by atoms with Crippen molar-refractivity contribution in [1.29, 1.82) is 0 Å². The van der Waals surface area contributed by atoms with Crippen molar-refractivity contribution < 1.29 is 13.5 Å². The molecular weight excluding hydrogens is 278 g/mol. The predicted octanol–water partition coefficient (Wildman–Crippen LogP) is 0.612. The molecule has 0 amide bonds. The quantitative estimate of drug-likeness (QED) is 0.835. The SMILES string of the molecule is CCC(C)N1CCN(S(=O)(=O)c2c[nH]c(CO)c2)CC1. The van der Waals surface area contributed by atoms with Crippen LogP contribution in [0, 0.1) is 0 Å². The van der Waals surface area contributed by atoms with Gasteiger partial charge in [-0.05, 0) is 19.4 Å². The van der Waals surface area contributed by atoms with Crippen LogP contribution in [0.3, 0.4) is 0 Å². The molecule has 20 heavy (non-hydrogen) atoms. The van der Waals surface area contributed by atoms with Crippen LogP contribution in [0.2, 0.25) is 0 Å². The summed E-state index contributed by atoms with van der Waals surface area (Å²) >= 11 is 0. The molecule has 1 aliphatic heterocycles. The summed E-state index contributed by atoms with van der Waals surface area (Å²) in [7, 11) is -3.44. The van der Waals surface area contributed by atoms with E-state index in [0.29, 0.717) is 24.8 Å². The van der Waals surface area contributed by atoms with Gasteiger partial charge < -0.3 is 10.1 Å². The second kappa shape index (κ2) is 6.26. The average Bonchev–Trinajstić information content (AvgIpc) is 2.96. The van der Waals surface area contributed by atoms with Crippen LogP contribution in [0.25, 0.3) is 0 Å². The molecular formula is C13H23N3O3S. The summed E-state index contributed by atoms with van der Waals surface area (Å²) in [6.07, 6.45) is 2.52. The van der Waals surface area contributed by atoms with Gasteiger partial charge in [0.25, 0.3) is 0 Å². The molecule has 1 aromatic heterocycles. The number of nitrogens with zero attached hydrogens (tertiary/aromatic N) is 2. The minimum absolute atomic E-state index is 0.183. The number of aliphatic hydroxyl groups excluding tert-OH is 1. The highest BCUT2D eigenvalue weighted by Crippen LogP contribution is 2.19. The van der Waals surface area contributed by atoms with Gasteiger partial charge in [0.05, 0.1) is 11.5 Å². The first-order valence-corrected chi connectivity index (χ1v) is 8.45. The molecule has 1 fully saturated rings. The Morgan fingerprint density at radius 3 is 2.50 bits per heavy atom. The van der Waals surface area contributed by atoms with Crippen molar-refractivity contribution in [2.75, 3.05) is 26.2 Å². The van der Waals surface area contributed by atoms with Crippen LogP contribution in [0.4, 0.5) is 0 Å². The molecule has 0 radical (unpaired) electrons. The van der Waals surface area contributed by atoms with Crippen molar-refractivity contribution >= 4 is 10.0 Å². The van der Waals surface area contributed by atoms with Crippen molar-refractivity contribution in [3.05, 3.63) is 18.0 Å². The number of nitrogens with one attached hydrogen (secondary N) is 1. The lowest BCUT2D eigenvalue weighted by Gasteiger charge is -2.37. The summed E-state index contributed by atoms with van der Waals surface area (Å²) in [5.41, 5.74) is 0.516. The second-order valence-electron chi connectivity index (χ2n) is 5.22. The number of hydrogen-bond acceptors (Lipinski definition) is 4. The van der Waals surface area contributed by atoms with E-state index in [2.05, 4.69) is 23.7 Å². The molecule has 0 aromatic carbocycles. The minimum atomic E-state index is -3.44. The number of sulfonamides is 1. The Balaban J connectivity index is 2.05. The molecule has 0 bridgehead atoms. The first-order valence-electron chi connectivity index (χ1n) is 7.01. The van der Waals surface area contributed by atoms with Crippen LogP contribution >= 0.6 is 0 Å². The van der Waals surface area contributed by atoms with E-state index in [-0.39, 0.29) is 11.5 Å². The fourth-order valence-corrected chi connectivity index (χ4v) is 3.89. The van der Waals surface area contributed by atoms with E-state index < -0.39 is 10.0 Å². The zero-order valence-electron chi connectivity index (χ0n) is 12.0. The summed E-state index contributed by atoms with van der Waals surface area (Å²) in [6.45, 7) is 6.71. The summed E-state index contributed by atoms with van der Waals surface area (Å²) < 4.78 is 26.5. The molecule has 2 heterocycles. The van der Waals surface area contributed by atoms with Gasteiger partial charge in [-0.1, -0.05) is 6.92 Å². The highest BCUT2D eigenvalue weighted by molar-refractivity contribution is 7.89. The maximum Gasteiger partial charge on any atom is 0.244 e. The van der Waals surface area contributed by atoms with Crippen LogP contribution in [0.1, 0.15) is 26.0 Å². The van der Waals surface area contributed by atoms with Gasteiger partial charge in [-0.3, -0.25) is 4.90 Å². The van der Waals surface area contributed by atoms with E-state index in [0.717, 1.165) is 19.5 Å². The largest absolute Gasteiger partial charge is 0.390 e. The Hall–Kier alpha value is -0.890. The molecule has 2 rings (SSSR count). The first-order chi connectivity index (χ1) is 9.48. The van der Waals surface area contributed by atoms with Gasteiger partial charge in [-0.2, -0.15) is 4.31 Å². The van der Waals surface area contributed by atoms with E-state index >= 15 is 0 Å². The smallest absolute Gasteiger partial charge is 0.244 e. The number of aliphatic hydroxyl groups is 1. The molecule has 1 unspecified atom stereocenters. The molecule has 2 N–H and O–H groups in total. The second-order valence-corrected chi connectivity index (χ2v) is 7.15. The maximum atomic E-state index is 12.5. The van der Waals surface area contributed by atoms with Gasteiger partial charge in [-0.15, -0.1) is 0 Å². The minimum Gasteiger partial charge on any atom is -0.390 e. The lowest BCUT2D eigenvalue weighted by atomic mass is 10.2. The van der Waals surface area contributed by atoms with Crippen LogP contribution in [-0.2, 0) is 16.6 Å². The summed E-state index contributed by atoms with van der Waals surface area (Å²) in [4.78, 5) is 5.33. The van der Waals surface area contributed by atoms with Gasteiger partial charge in [0.15, 0.2) is 0 Å². The fourth-order valence-electron chi connectivity index (χ4n) is 2.45. The standard InChI is InChI=1S/C13H23N3O3S/c1-3-11(2)15-4-6-16(7-5-15)20(18,19)13-8-12(10-17)14-9-13/h8-9,11,14,17H,3-7,10H2,1-2H3. The van der Waals surface area contributed by atoms with E-state index in [1.807, 2.05) is 0 Å². The van der Waals surface area contributed by atoms with Crippen LogP contribution in [0.5, 0.6) is 0 Å². The lowest BCUT2D eigenvalue weighted by molar-refractivity contribution is 0.142. The van der Waals surface area contributed by atoms with E-state index in [1.54, 1.807) is 0 Å². The zero-order valence-corrected chi connectivity index (χ0v) is 12.9. The summed E-state index contributed by atoms with van der Waals surface area (Å²) in [6, 6.07) is 1.99. The Morgan fingerprint density at radius 2 is 2.00 bits per heavy atom. The number of H-pyrrole nitrogens is 1. The third-order valence-corrected chi connectivity index (χ3v) is 5.89. The lowest BCUT2D eigenvalue weighted by Crippen LogP contribution is -2.51. The van der Waals surface area contributed by atoms with E-state index in [9.17, 15) is 8.42 Å². The van der Waals surface area contributed by atoms with Crippen molar-refractivity contribution in [3.63, 3.8) is 0 Å². The Morgan fingerprint density at radius 1 is 1.35 bits per heavy atom. The number of rotatable bonds is 5. The van der Waals surface area contributed by atoms with Gasteiger partial charge in [0, 0.05) is 44.1 Å². The number of aromatic amines is 1. The van der Waals surface area contributed by atoms with E-state index in [1.165, 1.54) is 16.6 Å². The monoisotopic (exact) mass is 301 g/mol. The Bertz CT molecular complexity index is 533. The average molecular weight is 301 g/mol. The fraction of sp³-hybridized carbons (Fsp3) is 0.692. The maximum absolute atomic E-state index is 12.5. The molecule has 0 saturated carbocycles. The Kier molecular flexibility index (Phi) is 4.85. The van der Waals surface area contributed by atoms with Crippen LogP contribution in [-0.4, -0.2) is 59.9 Å². The molecule has 1 atom stereocenters. The molecule has 0 aliphatic carbocycles. The van der Waals surface area contributed by atoms with Gasteiger partial charge in [0.2, 0.25) is 10.0 Å². The third-order valence-electron chi connectivity index (χ3n) is 4.01. The van der Waals surface area contributed by atoms with Crippen LogP contribution < -0.4 is 0 Å². The van der Waals surface area contributed by atoms with Crippen LogP contribution in [0.15, 0.2) is 17.2 Å². The first kappa shape index (κ1) is 15.5. The molecule has 0 spiro atoms. The number of piperazine rings is 1. The summed E-state index contributed by atoms with van der Waals surface area (Å²) in [5, 5.41) is 9.00. The molecule has 114 valence electrons. The summed E-state index contributed by atoms with van der Waals surface area (Å²) in [5.74, 6) is 0. The molecule has 1 saturated heterocycles. The van der Waals surface area contributed by atoms with Crippen molar-refractivity contribution in [2.45, 2.75) is 37.8 Å². The zero-order chi connectivity index (χ0) is 14.8. The molecule has 6 nitrogen and oxygen atoms in total. The topological polar surface area (TPSA) is 76.6 Å². The Labute approximate surface area is 120 Å². The number of hydrogen-bond donors (Lipinski definition) is 2. The van der Waals surface area contributed by atoms with Gasteiger partial charge in [0.1, 0.15) is 0 Å². The normalized spacial score (nSPS) is 20.1. The third kappa shape index (κ3) is 3.06. The van der Waals surface area contributed by atoms with Gasteiger partial charge in [-0.25, -0.2) is 8.42 Å². The molecule has 1 aromatic rings. The highest BCUT2D eigenvalue weighted by atomic mass is 32.2. The molecule has 7 heteroatoms. The molecule has 1 aliphatic rings.